The minimum absolute atomic E-state index is 0.0964. The molecule has 2 aliphatic rings. The summed E-state index contributed by atoms with van der Waals surface area (Å²) in [4.78, 5) is 39.6. The van der Waals surface area contributed by atoms with Crippen molar-refractivity contribution in [3.63, 3.8) is 0 Å². The van der Waals surface area contributed by atoms with Gasteiger partial charge in [-0.15, -0.1) is 0 Å². The Kier molecular flexibility index (Phi) is 6.19. The number of nitrogens with one attached hydrogen (secondary N) is 2. The number of rotatable bonds is 6. The van der Waals surface area contributed by atoms with E-state index in [-0.39, 0.29) is 29.2 Å². The molecule has 1 aliphatic carbocycles. The van der Waals surface area contributed by atoms with Crippen LogP contribution in [0, 0.1) is 5.82 Å². The van der Waals surface area contributed by atoms with Crippen molar-refractivity contribution in [3.8, 4) is 0 Å². The molecule has 11 heteroatoms. The number of amides is 1. The number of halogens is 3. The number of hydrogen-bond acceptors (Lipinski definition) is 6. The third-order valence-corrected chi connectivity index (χ3v) is 7.03. The van der Waals surface area contributed by atoms with Crippen LogP contribution in [0.3, 0.4) is 0 Å². The van der Waals surface area contributed by atoms with Gasteiger partial charge in [-0.3, -0.25) is 14.5 Å². The third kappa shape index (κ3) is 4.55. The number of aromatic nitrogens is 3. The molecule has 1 aliphatic heterocycles. The molecule has 2 N–H and O–H groups in total. The first-order chi connectivity index (χ1) is 17.2. The predicted molar refractivity (Wildman–Crippen MR) is 129 cm³/mol. The Morgan fingerprint density at radius 1 is 1.22 bits per heavy atom. The van der Waals surface area contributed by atoms with E-state index in [1.54, 1.807) is 24.4 Å². The van der Waals surface area contributed by atoms with Crippen molar-refractivity contribution < 1.29 is 18.0 Å². The SMILES string of the molecule is CCc1nc2ccc(C(C)N3CCN(c4ccc(C(=O)NC5CC5(F)F)nc4)CC3)c(F)c2[nH]c1=O. The van der Waals surface area contributed by atoms with Gasteiger partial charge in [-0.1, -0.05) is 13.0 Å². The quantitative estimate of drug-likeness (QED) is 0.541. The molecule has 36 heavy (non-hydrogen) atoms. The molecule has 2 fully saturated rings. The third-order valence-electron chi connectivity index (χ3n) is 7.03. The number of fused-ring (bicyclic) bond motifs is 1. The van der Waals surface area contributed by atoms with Crippen LogP contribution in [-0.4, -0.2) is 63.9 Å². The van der Waals surface area contributed by atoms with Crippen LogP contribution in [0.15, 0.2) is 35.3 Å². The van der Waals surface area contributed by atoms with E-state index in [4.69, 9.17) is 0 Å². The zero-order valence-corrected chi connectivity index (χ0v) is 20.0. The molecule has 0 radical (unpaired) electrons. The average molecular weight is 501 g/mol. The number of aryl methyl sites for hydroxylation is 1. The van der Waals surface area contributed by atoms with Gasteiger partial charge in [0, 0.05) is 44.2 Å². The van der Waals surface area contributed by atoms with Crippen LogP contribution in [0.2, 0.25) is 0 Å². The normalized spacial score (nSPS) is 20.4. The Balaban J connectivity index is 1.23. The maximum Gasteiger partial charge on any atom is 0.270 e. The van der Waals surface area contributed by atoms with Gasteiger partial charge in [0.1, 0.15) is 16.9 Å². The molecule has 1 aromatic carbocycles. The lowest BCUT2D eigenvalue weighted by Gasteiger charge is -2.39. The van der Waals surface area contributed by atoms with Crippen LogP contribution in [0.4, 0.5) is 18.9 Å². The lowest BCUT2D eigenvalue weighted by atomic mass is 10.0. The van der Waals surface area contributed by atoms with Crippen molar-refractivity contribution in [2.24, 2.45) is 0 Å². The molecule has 2 aromatic heterocycles. The molecule has 0 spiro atoms. The van der Waals surface area contributed by atoms with Crippen molar-refractivity contribution in [2.75, 3.05) is 31.1 Å². The number of carbonyl (C=O) groups excluding carboxylic acids is 1. The van der Waals surface area contributed by atoms with Crippen LogP contribution in [0.25, 0.3) is 11.0 Å². The first kappa shape index (κ1) is 24.2. The van der Waals surface area contributed by atoms with E-state index in [9.17, 15) is 18.4 Å². The Morgan fingerprint density at radius 3 is 2.56 bits per heavy atom. The molecule has 1 saturated heterocycles. The molecule has 1 saturated carbocycles. The van der Waals surface area contributed by atoms with Gasteiger partial charge >= 0.3 is 0 Å². The van der Waals surface area contributed by atoms with Crippen LogP contribution in [0.1, 0.15) is 48.1 Å². The smallest absolute Gasteiger partial charge is 0.270 e. The second-order valence-electron chi connectivity index (χ2n) is 9.32. The second-order valence-corrected chi connectivity index (χ2v) is 9.32. The number of alkyl halides is 2. The Bertz CT molecular complexity index is 1350. The predicted octanol–water partition coefficient (Wildman–Crippen LogP) is 3.04. The van der Waals surface area contributed by atoms with Gasteiger partial charge in [0.2, 0.25) is 0 Å². The molecule has 3 aromatic rings. The molecule has 3 heterocycles. The molecule has 190 valence electrons. The van der Waals surface area contributed by atoms with Crippen molar-refractivity contribution in [3.05, 3.63) is 63.6 Å². The molecule has 2 unspecified atom stereocenters. The van der Waals surface area contributed by atoms with E-state index in [1.807, 2.05) is 13.8 Å². The monoisotopic (exact) mass is 500 g/mol. The Hall–Kier alpha value is -3.47. The van der Waals surface area contributed by atoms with E-state index < -0.39 is 23.7 Å². The van der Waals surface area contributed by atoms with Crippen LogP contribution in [-0.2, 0) is 6.42 Å². The number of carbonyl (C=O) groups is 1. The highest BCUT2D eigenvalue weighted by molar-refractivity contribution is 5.93. The maximum atomic E-state index is 15.3. The highest BCUT2D eigenvalue weighted by atomic mass is 19.3. The second kappa shape index (κ2) is 9.20. The minimum atomic E-state index is -2.82. The number of piperazine rings is 1. The number of aromatic amines is 1. The topological polar surface area (TPSA) is 94.2 Å². The summed E-state index contributed by atoms with van der Waals surface area (Å²) in [5, 5.41) is 2.29. The summed E-state index contributed by atoms with van der Waals surface area (Å²) in [6.45, 7) is 6.43. The number of anilines is 1. The van der Waals surface area contributed by atoms with E-state index in [0.29, 0.717) is 49.4 Å². The molecule has 5 rings (SSSR count). The van der Waals surface area contributed by atoms with Gasteiger partial charge < -0.3 is 15.2 Å². The van der Waals surface area contributed by atoms with Crippen molar-refractivity contribution in [1.29, 1.82) is 0 Å². The zero-order chi connectivity index (χ0) is 25.6. The summed E-state index contributed by atoms with van der Waals surface area (Å²) in [5.74, 6) is -3.89. The number of hydrogen-bond donors (Lipinski definition) is 2. The van der Waals surface area contributed by atoms with Crippen LogP contribution >= 0.6 is 0 Å². The number of nitrogens with zero attached hydrogens (tertiary/aromatic N) is 4. The summed E-state index contributed by atoms with van der Waals surface area (Å²) in [5.41, 5.74) is 1.98. The van der Waals surface area contributed by atoms with Gasteiger partial charge in [0.25, 0.3) is 17.4 Å². The first-order valence-corrected chi connectivity index (χ1v) is 12.0. The largest absolute Gasteiger partial charge is 0.368 e. The van der Waals surface area contributed by atoms with Gasteiger partial charge in [-0.2, -0.15) is 0 Å². The summed E-state index contributed by atoms with van der Waals surface area (Å²) in [6, 6.07) is 5.43. The number of pyridine rings is 1. The van der Waals surface area contributed by atoms with Gasteiger partial charge in [0.05, 0.1) is 23.4 Å². The average Bonchev–Trinajstić information content (AvgIpc) is 3.49. The van der Waals surface area contributed by atoms with Crippen LogP contribution in [0.5, 0.6) is 0 Å². The maximum absolute atomic E-state index is 15.3. The first-order valence-electron chi connectivity index (χ1n) is 12.0. The fourth-order valence-corrected chi connectivity index (χ4v) is 4.61. The van der Waals surface area contributed by atoms with E-state index >= 15 is 4.39 Å². The molecule has 2 atom stereocenters. The number of benzene rings is 1. The summed E-state index contributed by atoms with van der Waals surface area (Å²) >= 11 is 0. The number of H-pyrrole nitrogens is 1. The summed E-state index contributed by atoms with van der Waals surface area (Å²) in [7, 11) is 0. The van der Waals surface area contributed by atoms with Gasteiger partial charge in [-0.05, 0) is 31.5 Å². The fraction of sp³-hybridized carbons (Fsp3) is 0.440. The van der Waals surface area contributed by atoms with Crippen molar-refractivity contribution in [2.45, 2.75) is 44.7 Å². The highest BCUT2D eigenvalue weighted by Gasteiger charge is 2.58. The zero-order valence-electron chi connectivity index (χ0n) is 20.0. The fourth-order valence-electron chi connectivity index (χ4n) is 4.61. The summed E-state index contributed by atoms with van der Waals surface area (Å²) in [6.07, 6.45) is 1.70. The standard InChI is InChI=1S/C25H27F3N6O2/c1-3-17-23(35)32-22-18(30-17)7-5-16(21(22)26)14(2)33-8-10-34(11-9-33)15-4-6-19(29-13-15)24(36)31-20-12-25(20,27)28/h4-7,13-14,20H,3,8-12H2,1-2H3,(H,31,36)(H,32,35). The van der Waals surface area contributed by atoms with Crippen molar-refractivity contribution >= 4 is 22.6 Å². The van der Waals surface area contributed by atoms with Crippen molar-refractivity contribution in [1.82, 2.24) is 25.2 Å². The van der Waals surface area contributed by atoms with Gasteiger partial charge in [0.15, 0.2) is 5.82 Å². The lowest BCUT2D eigenvalue weighted by Crippen LogP contribution is -2.47. The van der Waals surface area contributed by atoms with E-state index in [2.05, 4.69) is 30.1 Å². The molecule has 1 amide bonds. The van der Waals surface area contributed by atoms with Gasteiger partial charge in [-0.25, -0.2) is 23.1 Å². The van der Waals surface area contributed by atoms with E-state index in [1.165, 1.54) is 6.07 Å². The highest BCUT2D eigenvalue weighted by Crippen LogP contribution is 2.41. The Morgan fingerprint density at radius 2 is 1.94 bits per heavy atom. The molecule has 8 nitrogen and oxygen atoms in total. The van der Waals surface area contributed by atoms with Crippen LogP contribution < -0.4 is 15.8 Å². The molecular weight excluding hydrogens is 473 g/mol. The Labute approximate surface area is 205 Å². The minimum Gasteiger partial charge on any atom is -0.368 e. The molecule has 0 bridgehead atoms. The molecular formula is C25H27F3N6O2. The van der Waals surface area contributed by atoms with E-state index in [0.717, 1.165) is 5.69 Å². The lowest BCUT2D eigenvalue weighted by molar-refractivity contribution is 0.0845. The summed E-state index contributed by atoms with van der Waals surface area (Å²) < 4.78 is 41.4.